The van der Waals surface area contributed by atoms with E-state index in [9.17, 15) is 18.0 Å². The molecule has 0 saturated carbocycles. The predicted molar refractivity (Wildman–Crippen MR) is 118 cm³/mol. The van der Waals surface area contributed by atoms with Crippen molar-refractivity contribution in [3.63, 3.8) is 0 Å². The standard InChI is InChI=1S/C24H29F3N2O4/c1-23(31-2)9-11-29(12-10-23)19-4-3-17(24(25,26)27)15-18(19)28-22(30)21-6-5-20(33-21)16-7-13-32-14-8-16/h3-6,15-16H,7-14H2,1-2H3,(H,28,30). The van der Waals surface area contributed by atoms with Crippen LogP contribution in [0.1, 0.15) is 60.4 Å². The van der Waals surface area contributed by atoms with Crippen molar-refractivity contribution >= 4 is 17.3 Å². The first-order chi connectivity index (χ1) is 15.7. The second-order valence-corrected chi connectivity index (χ2v) is 8.91. The van der Waals surface area contributed by atoms with Gasteiger partial charge in [-0.15, -0.1) is 0 Å². The molecule has 1 amide bonds. The molecule has 0 spiro atoms. The van der Waals surface area contributed by atoms with Crippen LogP contribution in [0.15, 0.2) is 34.7 Å². The van der Waals surface area contributed by atoms with E-state index in [4.69, 9.17) is 13.9 Å². The van der Waals surface area contributed by atoms with Crippen molar-refractivity contribution in [2.75, 3.05) is 43.6 Å². The highest BCUT2D eigenvalue weighted by molar-refractivity contribution is 6.04. The van der Waals surface area contributed by atoms with E-state index in [1.165, 1.54) is 6.07 Å². The number of amides is 1. The number of alkyl halides is 3. The highest BCUT2D eigenvalue weighted by Gasteiger charge is 2.34. The number of anilines is 2. The quantitative estimate of drug-likeness (QED) is 0.635. The van der Waals surface area contributed by atoms with Gasteiger partial charge in [-0.25, -0.2) is 0 Å². The summed E-state index contributed by atoms with van der Waals surface area (Å²) in [6.07, 6.45) is -1.45. The summed E-state index contributed by atoms with van der Waals surface area (Å²) in [5, 5.41) is 2.66. The Morgan fingerprint density at radius 1 is 1.15 bits per heavy atom. The average Bonchev–Trinajstić information content (AvgIpc) is 3.30. The fourth-order valence-electron chi connectivity index (χ4n) is 4.37. The topological polar surface area (TPSA) is 63.9 Å². The zero-order chi connectivity index (χ0) is 23.6. The van der Waals surface area contributed by atoms with Gasteiger partial charge in [0.2, 0.25) is 0 Å². The molecule has 1 aromatic carbocycles. The zero-order valence-electron chi connectivity index (χ0n) is 18.8. The number of furan rings is 1. The molecule has 2 saturated heterocycles. The molecule has 4 rings (SSSR count). The summed E-state index contributed by atoms with van der Waals surface area (Å²) < 4.78 is 56.8. The van der Waals surface area contributed by atoms with Crippen molar-refractivity contribution in [3.8, 4) is 0 Å². The Bertz CT molecular complexity index is 974. The molecule has 2 aromatic rings. The third-order valence-electron chi connectivity index (χ3n) is 6.70. The number of rotatable bonds is 5. The smallest absolute Gasteiger partial charge is 0.416 e. The van der Waals surface area contributed by atoms with E-state index in [-0.39, 0.29) is 23.0 Å². The van der Waals surface area contributed by atoms with E-state index in [0.717, 1.165) is 37.8 Å². The molecule has 6 nitrogen and oxygen atoms in total. The lowest BCUT2D eigenvalue weighted by Gasteiger charge is -2.40. The van der Waals surface area contributed by atoms with Crippen molar-refractivity contribution < 1.29 is 31.9 Å². The zero-order valence-corrected chi connectivity index (χ0v) is 18.8. The summed E-state index contributed by atoms with van der Waals surface area (Å²) in [6.45, 7) is 4.50. The third kappa shape index (κ3) is 5.35. The fraction of sp³-hybridized carbons (Fsp3) is 0.542. The Balaban J connectivity index is 1.56. The lowest BCUT2D eigenvalue weighted by molar-refractivity contribution is -0.137. The van der Waals surface area contributed by atoms with E-state index in [1.807, 2.05) is 11.8 Å². The molecular formula is C24H29F3N2O4. The Kier molecular flexibility index (Phi) is 6.72. The molecular weight excluding hydrogens is 437 g/mol. The summed E-state index contributed by atoms with van der Waals surface area (Å²) in [4.78, 5) is 14.9. The van der Waals surface area contributed by atoms with Crippen LogP contribution in [0.5, 0.6) is 0 Å². The number of carbonyl (C=O) groups is 1. The Morgan fingerprint density at radius 3 is 2.48 bits per heavy atom. The minimum Gasteiger partial charge on any atom is -0.456 e. The van der Waals surface area contributed by atoms with Gasteiger partial charge in [0.1, 0.15) is 5.76 Å². The van der Waals surface area contributed by atoms with Gasteiger partial charge in [-0.1, -0.05) is 0 Å². The second kappa shape index (κ2) is 9.38. The number of methoxy groups -OCH3 is 1. The monoisotopic (exact) mass is 466 g/mol. The van der Waals surface area contributed by atoms with Crippen LogP contribution in [-0.2, 0) is 15.7 Å². The van der Waals surface area contributed by atoms with Crippen molar-refractivity contribution in [2.24, 2.45) is 0 Å². The number of hydrogen-bond acceptors (Lipinski definition) is 5. The van der Waals surface area contributed by atoms with Crippen LogP contribution in [0.2, 0.25) is 0 Å². The van der Waals surface area contributed by atoms with E-state index in [1.54, 1.807) is 19.2 Å². The summed E-state index contributed by atoms with van der Waals surface area (Å²) in [6, 6.07) is 6.78. The summed E-state index contributed by atoms with van der Waals surface area (Å²) >= 11 is 0. The SMILES string of the molecule is COC1(C)CCN(c2ccc(C(F)(F)F)cc2NC(=O)c2ccc(C3CCOCC3)o2)CC1. The summed E-state index contributed by atoms with van der Waals surface area (Å²) in [5.41, 5.74) is -0.422. The summed E-state index contributed by atoms with van der Waals surface area (Å²) in [5.74, 6) is 0.369. The maximum absolute atomic E-state index is 13.4. The van der Waals surface area contributed by atoms with Crippen molar-refractivity contribution in [3.05, 3.63) is 47.4 Å². The van der Waals surface area contributed by atoms with E-state index in [2.05, 4.69) is 5.32 Å². The first-order valence-corrected chi connectivity index (χ1v) is 11.2. The van der Waals surface area contributed by atoms with Crippen molar-refractivity contribution in [2.45, 2.75) is 50.3 Å². The predicted octanol–water partition coefficient (Wildman–Crippen LogP) is 5.45. The lowest BCUT2D eigenvalue weighted by atomic mass is 9.93. The first kappa shape index (κ1) is 23.6. The molecule has 0 radical (unpaired) electrons. The van der Waals surface area contributed by atoms with Crippen molar-refractivity contribution in [1.29, 1.82) is 0 Å². The van der Waals surface area contributed by atoms with E-state index < -0.39 is 17.6 Å². The molecule has 180 valence electrons. The molecule has 9 heteroatoms. The third-order valence-corrected chi connectivity index (χ3v) is 6.70. The number of ether oxygens (including phenoxy) is 2. The van der Waals surface area contributed by atoms with Crippen LogP contribution < -0.4 is 10.2 Å². The Labute approximate surface area is 191 Å². The highest BCUT2D eigenvalue weighted by atomic mass is 19.4. The molecule has 0 bridgehead atoms. The summed E-state index contributed by atoms with van der Waals surface area (Å²) in [7, 11) is 1.66. The van der Waals surface area contributed by atoms with Crippen LogP contribution in [0.25, 0.3) is 0 Å². The number of carbonyl (C=O) groups excluding carboxylic acids is 1. The van der Waals surface area contributed by atoms with Crippen LogP contribution >= 0.6 is 0 Å². The number of halogens is 3. The van der Waals surface area contributed by atoms with Crippen LogP contribution in [0.4, 0.5) is 24.5 Å². The molecule has 1 N–H and O–H groups in total. The van der Waals surface area contributed by atoms with Gasteiger partial charge in [0.25, 0.3) is 5.91 Å². The first-order valence-electron chi connectivity index (χ1n) is 11.2. The van der Waals surface area contributed by atoms with Gasteiger partial charge in [0.15, 0.2) is 5.76 Å². The number of nitrogens with zero attached hydrogens (tertiary/aromatic N) is 1. The van der Waals surface area contributed by atoms with Crippen LogP contribution in [-0.4, -0.2) is 44.9 Å². The van der Waals surface area contributed by atoms with Gasteiger partial charge >= 0.3 is 6.18 Å². The molecule has 3 heterocycles. The Morgan fingerprint density at radius 2 is 1.85 bits per heavy atom. The second-order valence-electron chi connectivity index (χ2n) is 8.91. The lowest BCUT2D eigenvalue weighted by Crippen LogP contribution is -2.44. The maximum Gasteiger partial charge on any atom is 0.416 e. The average molecular weight is 467 g/mol. The molecule has 0 aliphatic carbocycles. The minimum absolute atomic E-state index is 0.0745. The maximum atomic E-state index is 13.4. The molecule has 0 atom stereocenters. The van der Waals surface area contributed by atoms with E-state index >= 15 is 0 Å². The Hall–Kier alpha value is -2.52. The van der Waals surface area contributed by atoms with Gasteiger partial charge in [0, 0.05) is 39.3 Å². The molecule has 2 fully saturated rings. The largest absolute Gasteiger partial charge is 0.456 e. The van der Waals surface area contributed by atoms with Crippen LogP contribution in [0.3, 0.4) is 0 Å². The fourth-order valence-corrected chi connectivity index (χ4v) is 4.37. The van der Waals surface area contributed by atoms with Gasteiger partial charge in [-0.3, -0.25) is 4.79 Å². The highest BCUT2D eigenvalue weighted by Crippen LogP contribution is 2.38. The molecule has 1 aromatic heterocycles. The molecule has 33 heavy (non-hydrogen) atoms. The number of nitrogens with one attached hydrogen (secondary N) is 1. The number of benzene rings is 1. The molecule has 0 unspecified atom stereocenters. The van der Waals surface area contributed by atoms with Crippen LogP contribution in [0, 0.1) is 0 Å². The van der Waals surface area contributed by atoms with Gasteiger partial charge in [0.05, 0.1) is 22.5 Å². The number of hydrogen-bond donors (Lipinski definition) is 1. The van der Waals surface area contributed by atoms with Gasteiger partial charge < -0.3 is 24.1 Å². The molecule has 2 aliphatic heterocycles. The van der Waals surface area contributed by atoms with Gasteiger partial charge in [-0.05, 0) is 62.9 Å². The van der Waals surface area contributed by atoms with Gasteiger partial charge in [-0.2, -0.15) is 13.2 Å². The number of piperidine rings is 1. The van der Waals surface area contributed by atoms with E-state index in [0.29, 0.717) is 37.8 Å². The normalized spacial score (nSPS) is 19.5. The minimum atomic E-state index is -4.52. The molecule has 2 aliphatic rings. The van der Waals surface area contributed by atoms with Crippen molar-refractivity contribution in [1.82, 2.24) is 0 Å².